The van der Waals surface area contributed by atoms with E-state index < -0.39 is 0 Å². The standard InChI is InChI=1S/C26H29Cl2N5O3/c1-26(2,3)24(35)33-10-8-32(9-11-33)15-17-4-6-18(7-5-17)16-36-25-29-14-22(30-31-25)19-12-20(27)23(34)21(28)13-19/h4-7,12-14,34H,8-11,15-16H2,1-3H3. The van der Waals surface area contributed by atoms with E-state index in [4.69, 9.17) is 27.9 Å². The van der Waals surface area contributed by atoms with Crippen molar-refractivity contribution in [1.82, 2.24) is 25.0 Å². The van der Waals surface area contributed by atoms with Crippen molar-refractivity contribution in [2.24, 2.45) is 5.41 Å². The van der Waals surface area contributed by atoms with Crippen LogP contribution in [-0.4, -0.2) is 62.2 Å². The highest BCUT2D eigenvalue weighted by atomic mass is 35.5. The molecule has 190 valence electrons. The predicted molar refractivity (Wildman–Crippen MR) is 139 cm³/mol. The van der Waals surface area contributed by atoms with Gasteiger partial charge in [0.2, 0.25) is 5.91 Å². The molecule has 1 aliphatic rings. The van der Waals surface area contributed by atoms with E-state index in [0.29, 0.717) is 17.9 Å². The minimum Gasteiger partial charge on any atom is -0.505 e. The van der Waals surface area contributed by atoms with Crippen molar-refractivity contribution in [1.29, 1.82) is 0 Å². The molecular weight excluding hydrogens is 501 g/mol. The van der Waals surface area contributed by atoms with Crippen molar-refractivity contribution in [2.45, 2.75) is 33.9 Å². The van der Waals surface area contributed by atoms with Gasteiger partial charge in [-0.25, -0.2) is 4.98 Å². The first-order chi connectivity index (χ1) is 17.1. The molecular formula is C26H29Cl2N5O3. The highest BCUT2D eigenvalue weighted by Gasteiger charge is 2.29. The summed E-state index contributed by atoms with van der Waals surface area (Å²) in [5, 5.41) is 18.1. The molecule has 36 heavy (non-hydrogen) atoms. The third-order valence-corrected chi connectivity index (χ3v) is 6.53. The Kier molecular flexibility index (Phi) is 7.97. The molecule has 0 saturated carbocycles. The summed E-state index contributed by atoms with van der Waals surface area (Å²) in [5.74, 6) is 0.0404. The fourth-order valence-electron chi connectivity index (χ4n) is 3.91. The molecule has 0 aliphatic carbocycles. The lowest BCUT2D eigenvalue weighted by Crippen LogP contribution is -2.51. The molecule has 2 aromatic carbocycles. The molecule has 3 aromatic rings. The number of piperazine rings is 1. The molecule has 2 heterocycles. The largest absolute Gasteiger partial charge is 0.505 e. The number of carbonyl (C=O) groups is 1. The number of benzene rings is 2. The number of rotatable bonds is 6. The molecule has 0 atom stereocenters. The van der Waals surface area contributed by atoms with E-state index in [-0.39, 0.29) is 33.1 Å². The van der Waals surface area contributed by atoms with Crippen LogP contribution < -0.4 is 4.74 Å². The van der Waals surface area contributed by atoms with E-state index in [1.807, 2.05) is 37.8 Å². The third-order valence-electron chi connectivity index (χ3n) is 5.95. The van der Waals surface area contributed by atoms with E-state index in [2.05, 4.69) is 32.2 Å². The van der Waals surface area contributed by atoms with Crippen molar-refractivity contribution >= 4 is 29.1 Å². The van der Waals surface area contributed by atoms with Crippen LogP contribution in [0.15, 0.2) is 42.6 Å². The summed E-state index contributed by atoms with van der Waals surface area (Å²) in [6.45, 7) is 10.3. The molecule has 1 aromatic heterocycles. The Morgan fingerprint density at radius 3 is 2.17 bits per heavy atom. The number of hydrogen-bond donors (Lipinski definition) is 1. The van der Waals surface area contributed by atoms with Gasteiger partial charge in [0.1, 0.15) is 12.3 Å². The molecule has 4 rings (SSSR count). The Morgan fingerprint density at radius 1 is 1.00 bits per heavy atom. The van der Waals surface area contributed by atoms with E-state index in [1.54, 1.807) is 12.1 Å². The summed E-state index contributed by atoms with van der Waals surface area (Å²) >= 11 is 11.9. The number of phenols is 1. The number of hydrogen-bond acceptors (Lipinski definition) is 7. The second kappa shape index (κ2) is 11.0. The van der Waals surface area contributed by atoms with Gasteiger partial charge in [0.05, 0.1) is 16.2 Å². The molecule has 0 unspecified atom stereocenters. The van der Waals surface area contributed by atoms with Crippen molar-refractivity contribution in [2.75, 3.05) is 26.2 Å². The van der Waals surface area contributed by atoms with Crippen molar-refractivity contribution in [3.05, 3.63) is 63.8 Å². The summed E-state index contributed by atoms with van der Waals surface area (Å²) in [4.78, 5) is 21.0. The Hall–Kier alpha value is -2.94. The molecule has 0 bridgehead atoms. The average Bonchev–Trinajstić information content (AvgIpc) is 2.86. The number of aromatic hydroxyl groups is 1. The fourth-order valence-corrected chi connectivity index (χ4v) is 4.39. The highest BCUT2D eigenvalue weighted by molar-refractivity contribution is 6.37. The van der Waals surface area contributed by atoms with Crippen LogP contribution >= 0.6 is 23.2 Å². The molecule has 8 nitrogen and oxygen atoms in total. The van der Waals surface area contributed by atoms with Crippen LogP contribution in [0.2, 0.25) is 10.0 Å². The first-order valence-corrected chi connectivity index (χ1v) is 12.5. The summed E-state index contributed by atoms with van der Waals surface area (Å²) in [6, 6.07) is 11.5. The lowest BCUT2D eigenvalue weighted by atomic mass is 9.94. The van der Waals surface area contributed by atoms with Crippen LogP contribution in [0.3, 0.4) is 0 Å². The monoisotopic (exact) mass is 529 g/mol. The first-order valence-electron chi connectivity index (χ1n) is 11.7. The van der Waals surface area contributed by atoms with Gasteiger partial charge < -0.3 is 14.7 Å². The van der Waals surface area contributed by atoms with Gasteiger partial charge >= 0.3 is 6.01 Å². The maximum atomic E-state index is 12.5. The minimum atomic E-state index is -0.335. The summed E-state index contributed by atoms with van der Waals surface area (Å²) in [5.41, 5.74) is 2.91. The maximum Gasteiger partial charge on any atom is 0.336 e. The zero-order valence-electron chi connectivity index (χ0n) is 20.5. The zero-order chi connectivity index (χ0) is 25.9. The van der Waals surface area contributed by atoms with Crippen LogP contribution in [0, 0.1) is 5.41 Å². The van der Waals surface area contributed by atoms with Crippen LogP contribution in [0.4, 0.5) is 0 Å². The molecule has 1 saturated heterocycles. The van der Waals surface area contributed by atoms with Gasteiger partial charge in [0, 0.05) is 43.7 Å². The van der Waals surface area contributed by atoms with E-state index in [9.17, 15) is 9.90 Å². The molecule has 10 heteroatoms. The normalized spacial score (nSPS) is 14.6. The van der Waals surface area contributed by atoms with Gasteiger partial charge in [-0.05, 0) is 23.3 Å². The van der Waals surface area contributed by atoms with Gasteiger partial charge in [-0.2, -0.15) is 0 Å². The molecule has 1 amide bonds. The van der Waals surface area contributed by atoms with Crippen LogP contribution in [-0.2, 0) is 17.9 Å². The zero-order valence-corrected chi connectivity index (χ0v) is 22.1. The number of halogens is 2. The van der Waals surface area contributed by atoms with Crippen LogP contribution in [0.1, 0.15) is 31.9 Å². The Labute approximate surface area is 220 Å². The molecule has 1 fully saturated rings. The fraction of sp³-hybridized carbons (Fsp3) is 0.385. The van der Waals surface area contributed by atoms with Crippen LogP contribution in [0.5, 0.6) is 11.8 Å². The van der Waals surface area contributed by atoms with E-state index in [0.717, 1.165) is 38.3 Å². The van der Waals surface area contributed by atoms with Gasteiger partial charge in [-0.3, -0.25) is 9.69 Å². The summed E-state index contributed by atoms with van der Waals surface area (Å²) < 4.78 is 5.68. The minimum absolute atomic E-state index is 0.126. The van der Waals surface area contributed by atoms with Gasteiger partial charge in [-0.15, -0.1) is 5.10 Å². The van der Waals surface area contributed by atoms with Gasteiger partial charge in [0.15, 0.2) is 5.75 Å². The summed E-state index contributed by atoms with van der Waals surface area (Å²) in [7, 11) is 0. The maximum absolute atomic E-state index is 12.5. The van der Waals surface area contributed by atoms with Crippen LogP contribution in [0.25, 0.3) is 11.3 Å². The predicted octanol–water partition coefficient (Wildman–Crippen LogP) is 4.82. The van der Waals surface area contributed by atoms with E-state index in [1.165, 1.54) is 11.8 Å². The van der Waals surface area contributed by atoms with Crippen molar-refractivity contribution in [3.63, 3.8) is 0 Å². The number of phenolic OH excluding ortho intramolecular Hbond substituents is 1. The van der Waals surface area contributed by atoms with Crippen molar-refractivity contribution in [3.8, 4) is 23.0 Å². The second-order valence-electron chi connectivity index (χ2n) is 9.84. The lowest BCUT2D eigenvalue weighted by Gasteiger charge is -2.37. The van der Waals surface area contributed by atoms with E-state index >= 15 is 0 Å². The molecule has 0 spiro atoms. The Balaban J connectivity index is 1.27. The Bertz CT molecular complexity index is 1180. The third kappa shape index (κ3) is 6.43. The number of carbonyl (C=O) groups excluding carboxylic acids is 1. The number of nitrogens with zero attached hydrogens (tertiary/aromatic N) is 5. The molecule has 1 aliphatic heterocycles. The average molecular weight is 530 g/mol. The smallest absolute Gasteiger partial charge is 0.336 e. The highest BCUT2D eigenvalue weighted by Crippen LogP contribution is 2.35. The van der Waals surface area contributed by atoms with Gasteiger partial charge in [-0.1, -0.05) is 73.3 Å². The second-order valence-corrected chi connectivity index (χ2v) is 10.7. The summed E-state index contributed by atoms with van der Waals surface area (Å²) in [6.07, 6.45) is 1.51. The van der Waals surface area contributed by atoms with Gasteiger partial charge in [0.25, 0.3) is 0 Å². The lowest BCUT2D eigenvalue weighted by molar-refractivity contribution is -0.141. The number of amides is 1. The number of ether oxygens (including phenoxy) is 1. The van der Waals surface area contributed by atoms with Crippen molar-refractivity contribution < 1.29 is 14.6 Å². The topological polar surface area (TPSA) is 91.7 Å². The molecule has 1 N–H and O–H groups in total. The SMILES string of the molecule is CC(C)(C)C(=O)N1CCN(Cc2ccc(COc3ncc(-c4cc(Cl)c(O)c(Cl)c4)nn3)cc2)CC1. The molecule has 0 radical (unpaired) electrons. The number of aromatic nitrogens is 3. The quantitative estimate of drug-likeness (QED) is 0.489. The Morgan fingerprint density at radius 2 is 1.61 bits per heavy atom. The first kappa shape index (κ1) is 26.1.